The van der Waals surface area contributed by atoms with Gasteiger partial charge in [-0.3, -0.25) is 0 Å². The fraction of sp³-hybridized carbons (Fsp3) is 0.308. The van der Waals surface area contributed by atoms with Gasteiger partial charge in [0.15, 0.2) is 0 Å². The molecule has 0 spiro atoms. The molecule has 96 valence electrons. The van der Waals surface area contributed by atoms with Crippen molar-refractivity contribution >= 4 is 17.3 Å². The van der Waals surface area contributed by atoms with Gasteiger partial charge in [-0.2, -0.15) is 5.10 Å². The van der Waals surface area contributed by atoms with Gasteiger partial charge in [0.05, 0.1) is 10.7 Å². The van der Waals surface area contributed by atoms with Gasteiger partial charge in [0.1, 0.15) is 11.4 Å². The number of nitrogens with zero attached hydrogens (tertiary/aromatic N) is 2. The van der Waals surface area contributed by atoms with Crippen LogP contribution in [0.5, 0.6) is 11.6 Å². The molecule has 0 saturated heterocycles. The molecular formula is C13H16ClN3O. The molecule has 0 atom stereocenters. The molecule has 2 aromatic rings. The van der Waals surface area contributed by atoms with Crippen LogP contribution in [0.3, 0.4) is 0 Å². The van der Waals surface area contributed by atoms with Crippen molar-refractivity contribution in [3.8, 4) is 11.6 Å². The van der Waals surface area contributed by atoms with Crippen LogP contribution in [-0.4, -0.2) is 9.78 Å². The summed E-state index contributed by atoms with van der Waals surface area (Å²) < 4.78 is 7.38. The van der Waals surface area contributed by atoms with Gasteiger partial charge < -0.3 is 10.5 Å². The van der Waals surface area contributed by atoms with Crippen LogP contribution in [-0.2, 0) is 13.5 Å². The zero-order valence-electron chi connectivity index (χ0n) is 10.7. The molecule has 5 heteroatoms. The van der Waals surface area contributed by atoms with Crippen molar-refractivity contribution in [3.63, 3.8) is 0 Å². The van der Waals surface area contributed by atoms with E-state index in [1.807, 2.05) is 32.0 Å². The third-order valence-electron chi connectivity index (χ3n) is 2.73. The lowest BCUT2D eigenvalue weighted by Crippen LogP contribution is -1.97. The normalized spacial score (nSPS) is 10.7. The van der Waals surface area contributed by atoms with Crippen LogP contribution >= 0.6 is 11.6 Å². The summed E-state index contributed by atoms with van der Waals surface area (Å²) in [7, 11) is 1.80. The molecule has 0 fully saturated rings. The summed E-state index contributed by atoms with van der Waals surface area (Å²) in [5, 5.41) is 4.86. The number of aromatic nitrogens is 2. The van der Waals surface area contributed by atoms with Crippen molar-refractivity contribution in [3.05, 3.63) is 34.5 Å². The maximum Gasteiger partial charge on any atom is 0.241 e. The van der Waals surface area contributed by atoms with E-state index in [9.17, 15) is 0 Å². The van der Waals surface area contributed by atoms with Crippen LogP contribution in [0.25, 0.3) is 0 Å². The van der Waals surface area contributed by atoms with Gasteiger partial charge in [-0.1, -0.05) is 24.6 Å². The molecule has 0 saturated carbocycles. The predicted octanol–water partition coefficient (Wildman–Crippen LogP) is 3.32. The molecule has 0 unspecified atom stereocenters. The van der Waals surface area contributed by atoms with Crippen LogP contribution in [0.2, 0.25) is 5.02 Å². The number of benzene rings is 1. The molecule has 2 rings (SSSR count). The Balaban J connectivity index is 2.37. The fourth-order valence-electron chi connectivity index (χ4n) is 1.75. The minimum Gasteiger partial charge on any atom is -0.436 e. The number of nitrogens with two attached hydrogens (primary N) is 1. The molecule has 0 aliphatic rings. The number of aryl methyl sites for hydroxylation is 3. The highest BCUT2D eigenvalue weighted by Crippen LogP contribution is 2.34. The number of nitrogen functional groups attached to an aromatic ring is 1. The smallest absolute Gasteiger partial charge is 0.241 e. The van der Waals surface area contributed by atoms with E-state index in [1.165, 1.54) is 0 Å². The SMILES string of the molecule is CCc1nn(C)c(Oc2ccc(C)cc2Cl)c1N. The molecule has 1 aromatic carbocycles. The number of hydrogen-bond donors (Lipinski definition) is 1. The number of rotatable bonds is 3. The van der Waals surface area contributed by atoms with Crippen LogP contribution in [0.1, 0.15) is 18.2 Å². The molecule has 0 amide bonds. The van der Waals surface area contributed by atoms with E-state index in [-0.39, 0.29) is 0 Å². The van der Waals surface area contributed by atoms with Crippen LogP contribution in [0, 0.1) is 6.92 Å². The molecule has 0 aliphatic carbocycles. The topological polar surface area (TPSA) is 53.1 Å². The van der Waals surface area contributed by atoms with Crippen molar-refractivity contribution in [1.29, 1.82) is 0 Å². The minimum atomic E-state index is 0.526. The van der Waals surface area contributed by atoms with Crippen LogP contribution in [0.4, 0.5) is 5.69 Å². The first-order valence-electron chi connectivity index (χ1n) is 5.78. The average molecular weight is 266 g/mol. The van der Waals surface area contributed by atoms with Gasteiger partial charge in [-0.05, 0) is 31.0 Å². The van der Waals surface area contributed by atoms with E-state index in [2.05, 4.69) is 5.10 Å². The van der Waals surface area contributed by atoms with Gasteiger partial charge in [0.25, 0.3) is 0 Å². The van der Waals surface area contributed by atoms with Crippen LogP contribution in [0.15, 0.2) is 18.2 Å². The molecule has 2 N–H and O–H groups in total. The summed E-state index contributed by atoms with van der Waals surface area (Å²) in [4.78, 5) is 0. The number of anilines is 1. The lowest BCUT2D eigenvalue weighted by Gasteiger charge is -2.08. The van der Waals surface area contributed by atoms with E-state index in [4.69, 9.17) is 22.1 Å². The highest BCUT2D eigenvalue weighted by molar-refractivity contribution is 6.32. The Morgan fingerprint density at radius 1 is 1.44 bits per heavy atom. The first-order chi connectivity index (χ1) is 8.52. The van der Waals surface area contributed by atoms with Gasteiger partial charge in [0.2, 0.25) is 5.88 Å². The Morgan fingerprint density at radius 2 is 2.17 bits per heavy atom. The molecule has 18 heavy (non-hydrogen) atoms. The molecule has 0 aliphatic heterocycles. The highest BCUT2D eigenvalue weighted by Gasteiger charge is 2.15. The third-order valence-corrected chi connectivity index (χ3v) is 3.03. The molecule has 4 nitrogen and oxygen atoms in total. The van der Waals surface area contributed by atoms with Crippen molar-refractivity contribution in [1.82, 2.24) is 9.78 Å². The van der Waals surface area contributed by atoms with E-state index in [0.717, 1.165) is 17.7 Å². The quantitative estimate of drug-likeness (QED) is 0.926. The van der Waals surface area contributed by atoms with Crippen molar-refractivity contribution in [2.45, 2.75) is 20.3 Å². The van der Waals surface area contributed by atoms with E-state index >= 15 is 0 Å². The average Bonchev–Trinajstić information content (AvgIpc) is 2.59. The second-order valence-corrected chi connectivity index (χ2v) is 4.59. The Labute approximate surface area is 111 Å². The van der Waals surface area contributed by atoms with Crippen molar-refractivity contribution in [2.75, 3.05) is 5.73 Å². The summed E-state index contributed by atoms with van der Waals surface area (Å²) in [5.41, 5.74) is 8.47. The number of halogens is 1. The van der Waals surface area contributed by atoms with E-state index in [1.54, 1.807) is 11.7 Å². The van der Waals surface area contributed by atoms with Gasteiger partial charge in [0, 0.05) is 7.05 Å². The largest absolute Gasteiger partial charge is 0.436 e. The number of hydrogen-bond acceptors (Lipinski definition) is 3. The van der Waals surface area contributed by atoms with Gasteiger partial charge in [-0.15, -0.1) is 0 Å². The van der Waals surface area contributed by atoms with E-state index < -0.39 is 0 Å². The summed E-state index contributed by atoms with van der Waals surface area (Å²) in [6.07, 6.45) is 0.769. The maximum absolute atomic E-state index is 6.13. The molecular weight excluding hydrogens is 250 g/mol. The van der Waals surface area contributed by atoms with Gasteiger partial charge >= 0.3 is 0 Å². The van der Waals surface area contributed by atoms with Crippen molar-refractivity contribution < 1.29 is 4.74 Å². The fourth-order valence-corrected chi connectivity index (χ4v) is 2.03. The zero-order chi connectivity index (χ0) is 13.3. The monoisotopic (exact) mass is 265 g/mol. The third kappa shape index (κ3) is 2.29. The Morgan fingerprint density at radius 3 is 2.72 bits per heavy atom. The Hall–Kier alpha value is -1.68. The Kier molecular flexibility index (Phi) is 3.48. The summed E-state index contributed by atoms with van der Waals surface area (Å²) in [5.74, 6) is 1.11. The minimum absolute atomic E-state index is 0.526. The predicted molar refractivity (Wildman–Crippen MR) is 73.3 cm³/mol. The standard InChI is InChI=1S/C13H16ClN3O/c1-4-10-12(15)13(17(3)16-10)18-11-6-5-8(2)7-9(11)14/h5-7H,4,15H2,1-3H3. The molecule has 1 aromatic heterocycles. The summed E-state index contributed by atoms with van der Waals surface area (Å²) >= 11 is 6.13. The van der Waals surface area contributed by atoms with Crippen molar-refractivity contribution in [2.24, 2.45) is 7.05 Å². The summed E-state index contributed by atoms with van der Waals surface area (Å²) in [6.45, 7) is 3.98. The highest BCUT2D eigenvalue weighted by atomic mass is 35.5. The first kappa shape index (κ1) is 12.8. The Bertz CT molecular complexity index is 578. The maximum atomic E-state index is 6.13. The zero-order valence-corrected chi connectivity index (χ0v) is 11.5. The van der Waals surface area contributed by atoms with E-state index in [0.29, 0.717) is 22.3 Å². The summed E-state index contributed by atoms with van der Waals surface area (Å²) in [6, 6.07) is 5.62. The second kappa shape index (κ2) is 4.90. The molecule has 0 radical (unpaired) electrons. The first-order valence-corrected chi connectivity index (χ1v) is 6.16. The second-order valence-electron chi connectivity index (χ2n) is 4.18. The molecule has 1 heterocycles. The molecule has 0 bridgehead atoms. The number of ether oxygens (including phenoxy) is 1. The van der Waals surface area contributed by atoms with Gasteiger partial charge in [-0.25, -0.2) is 4.68 Å². The lowest BCUT2D eigenvalue weighted by molar-refractivity contribution is 0.432. The van der Waals surface area contributed by atoms with Crippen LogP contribution < -0.4 is 10.5 Å². The lowest BCUT2D eigenvalue weighted by atomic mass is 10.2.